The summed E-state index contributed by atoms with van der Waals surface area (Å²) < 4.78 is 5.14. The Morgan fingerprint density at radius 1 is 1.56 bits per heavy atom. The van der Waals surface area contributed by atoms with Crippen molar-refractivity contribution in [2.24, 2.45) is 10.9 Å². The lowest BCUT2D eigenvalue weighted by atomic mass is 10.0. The van der Waals surface area contributed by atoms with Crippen LogP contribution >= 0.6 is 12.2 Å². The molecule has 0 bridgehead atoms. The van der Waals surface area contributed by atoms with Crippen molar-refractivity contribution in [3.8, 4) is 0 Å². The Kier molecular flexibility index (Phi) is 9.83. The summed E-state index contributed by atoms with van der Waals surface area (Å²) in [6.07, 6.45) is 8.67. The molecule has 0 saturated carbocycles. The van der Waals surface area contributed by atoms with Crippen LogP contribution in [0.1, 0.15) is 13.3 Å². The van der Waals surface area contributed by atoms with E-state index < -0.39 is 0 Å². The second-order valence-electron chi connectivity index (χ2n) is 3.59. The highest BCUT2D eigenvalue weighted by atomic mass is 32.1. The summed E-state index contributed by atoms with van der Waals surface area (Å²) in [6.45, 7) is 7.08. The minimum absolute atomic E-state index is 0.369. The lowest BCUT2D eigenvalue weighted by Crippen LogP contribution is -2.12. The van der Waals surface area contributed by atoms with Crippen molar-refractivity contribution in [1.29, 1.82) is 0 Å². The van der Waals surface area contributed by atoms with Gasteiger partial charge in [-0.2, -0.15) is 0 Å². The van der Waals surface area contributed by atoms with Crippen LogP contribution in [0.2, 0.25) is 0 Å². The monoisotopic (exact) mass is 237 g/mol. The van der Waals surface area contributed by atoms with Gasteiger partial charge in [-0.05, 0) is 25.6 Å². The van der Waals surface area contributed by atoms with Crippen LogP contribution in [0.25, 0.3) is 0 Å². The number of isothiocyanates is 1. The number of hydrogen-bond acceptors (Lipinski definition) is 3. The quantitative estimate of drug-likeness (QED) is 0.366. The van der Waals surface area contributed by atoms with Crippen LogP contribution in [0.3, 0.4) is 0 Å². The number of ether oxygens (including phenoxy) is 1. The summed E-state index contributed by atoms with van der Waals surface area (Å²) in [7, 11) is 1.70. The number of allylic oxidation sites excluding steroid dienone is 5. The lowest BCUT2D eigenvalue weighted by Gasteiger charge is -2.12. The third kappa shape index (κ3) is 8.30. The van der Waals surface area contributed by atoms with Crippen LogP contribution in [-0.2, 0) is 4.74 Å². The molecule has 0 aliphatic heterocycles. The first-order valence-electron chi connectivity index (χ1n) is 5.22. The Morgan fingerprint density at radius 3 is 2.88 bits per heavy atom. The molecule has 0 N–H and O–H groups in total. The molecule has 3 heteroatoms. The zero-order valence-corrected chi connectivity index (χ0v) is 10.8. The van der Waals surface area contributed by atoms with Crippen LogP contribution in [0.4, 0.5) is 0 Å². The number of methoxy groups -OCH3 is 1. The maximum atomic E-state index is 5.14. The highest BCUT2D eigenvalue weighted by molar-refractivity contribution is 7.78. The molecule has 2 nitrogen and oxygen atoms in total. The van der Waals surface area contributed by atoms with E-state index in [1.165, 1.54) is 5.57 Å². The van der Waals surface area contributed by atoms with Gasteiger partial charge in [0.2, 0.25) is 0 Å². The molecule has 0 aromatic heterocycles. The SMILES string of the molecule is C=C/C=C\C=C(/C)CC(CN=C=S)COC. The Morgan fingerprint density at radius 2 is 2.31 bits per heavy atom. The van der Waals surface area contributed by atoms with Crippen molar-refractivity contribution in [2.45, 2.75) is 13.3 Å². The fraction of sp³-hybridized carbons (Fsp3) is 0.462. The van der Waals surface area contributed by atoms with Gasteiger partial charge in [-0.15, -0.1) is 0 Å². The van der Waals surface area contributed by atoms with Gasteiger partial charge in [-0.1, -0.05) is 36.5 Å². The van der Waals surface area contributed by atoms with Gasteiger partial charge in [0.25, 0.3) is 0 Å². The van der Waals surface area contributed by atoms with Gasteiger partial charge in [0.15, 0.2) is 0 Å². The zero-order chi connectivity index (χ0) is 12.2. The third-order valence-corrected chi connectivity index (χ3v) is 2.18. The van der Waals surface area contributed by atoms with Crippen molar-refractivity contribution >= 4 is 17.4 Å². The van der Waals surface area contributed by atoms with E-state index in [0.717, 1.165) is 6.42 Å². The number of aliphatic imine (C=N–C) groups is 1. The Balaban J connectivity index is 4.25. The van der Waals surface area contributed by atoms with Gasteiger partial charge < -0.3 is 4.74 Å². The van der Waals surface area contributed by atoms with Crippen LogP contribution < -0.4 is 0 Å². The summed E-state index contributed by atoms with van der Waals surface area (Å²) in [5, 5.41) is 2.39. The van der Waals surface area contributed by atoms with E-state index >= 15 is 0 Å². The molecule has 1 atom stereocenters. The molecule has 0 rings (SSSR count). The molecule has 0 heterocycles. The molecule has 88 valence electrons. The first-order chi connectivity index (χ1) is 7.74. The maximum Gasteiger partial charge on any atom is 0.0585 e. The predicted molar refractivity (Wildman–Crippen MR) is 73.0 cm³/mol. The van der Waals surface area contributed by atoms with Gasteiger partial charge in [-0.3, -0.25) is 0 Å². The minimum Gasteiger partial charge on any atom is -0.384 e. The number of hydrogen-bond donors (Lipinski definition) is 0. The van der Waals surface area contributed by atoms with Crippen molar-refractivity contribution in [3.63, 3.8) is 0 Å². The maximum absolute atomic E-state index is 5.14. The fourth-order valence-electron chi connectivity index (χ4n) is 1.40. The average molecular weight is 237 g/mol. The molecule has 0 amide bonds. The summed E-state index contributed by atoms with van der Waals surface area (Å²) in [5.41, 5.74) is 1.29. The second-order valence-corrected chi connectivity index (χ2v) is 3.77. The van der Waals surface area contributed by atoms with Crippen LogP contribution in [0.15, 0.2) is 41.4 Å². The van der Waals surface area contributed by atoms with E-state index in [2.05, 4.69) is 42.0 Å². The molecule has 0 saturated heterocycles. The summed E-state index contributed by atoms with van der Waals surface area (Å²) in [4.78, 5) is 3.96. The Labute approximate surface area is 103 Å². The topological polar surface area (TPSA) is 21.6 Å². The van der Waals surface area contributed by atoms with Gasteiger partial charge in [0, 0.05) is 13.0 Å². The molecule has 0 spiro atoms. The predicted octanol–water partition coefficient (Wildman–Crippen LogP) is 3.43. The van der Waals surface area contributed by atoms with E-state index in [1.54, 1.807) is 13.2 Å². The lowest BCUT2D eigenvalue weighted by molar-refractivity contribution is 0.155. The molecular formula is C13H19NOS. The molecular weight excluding hydrogens is 218 g/mol. The molecule has 0 aliphatic rings. The highest BCUT2D eigenvalue weighted by Gasteiger charge is 2.07. The Hall–Kier alpha value is -1.02. The third-order valence-electron chi connectivity index (χ3n) is 2.05. The second kappa shape index (κ2) is 10.5. The van der Waals surface area contributed by atoms with Crippen molar-refractivity contribution < 1.29 is 4.74 Å². The van der Waals surface area contributed by atoms with E-state index in [-0.39, 0.29) is 0 Å². The van der Waals surface area contributed by atoms with Crippen LogP contribution in [0, 0.1) is 5.92 Å². The molecule has 0 aliphatic carbocycles. The standard InChI is InChI=1S/C13H19NOS/c1-4-5-6-7-12(2)8-13(10-15-3)9-14-11-16/h4-7,13H,1,8-10H2,2-3H3/b6-5-,12-7+. The first-order valence-corrected chi connectivity index (χ1v) is 5.62. The molecule has 0 fully saturated rings. The van der Waals surface area contributed by atoms with Crippen LogP contribution in [-0.4, -0.2) is 25.4 Å². The van der Waals surface area contributed by atoms with Gasteiger partial charge in [0.05, 0.1) is 18.3 Å². The molecule has 0 aromatic carbocycles. The Bertz CT molecular complexity index is 301. The highest BCUT2D eigenvalue weighted by Crippen LogP contribution is 2.12. The van der Waals surface area contributed by atoms with Gasteiger partial charge in [-0.25, -0.2) is 4.99 Å². The van der Waals surface area contributed by atoms with Gasteiger partial charge in [0.1, 0.15) is 0 Å². The number of thiocarbonyl (C=S) groups is 1. The summed E-state index contributed by atoms with van der Waals surface area (Å²) >= 11 is 4.56. The van der Waals surface area contributed by atoms with Crippen molar-refractivity contribution in [2.75, 3.05) is 20.3 Å². The largest absolute Gasteiger partial charge is 0.384 e. The van der Waals surface area contributed by atoms with E-state index in [1.807, 2.05) is 12.2 Å². The molecule has 1 unspecified atom stereocenters. The molecule has 0 radical (unpaired) electrons. The summed E-state index contributed by atoms with van der Waals surface area (Å²) in [6, 6.07) is 0. The summed E-state index contributed by atoms with van der Waals surface area (Å²) in [5.74, 6) is 0.369. The number of nitrogens with zero attached hydrogens (tertiary/aromatic N) is 1. The van der Waals surface area contributed by atoms with E-state index in [9.17, 15) is 0 Å². The smallest absolute Gasteiger partial charge is 0.0585 e. The number of rotatable bonds is 8. The van der Waals surface area contributed by atoms with Crippen molar-refractivity contribution in [3.05, 3.63) is 36.5 Å². The fourth-order valence-corrected chi connectivity index (χ4v) is 1.47. The molecule has 0 aromatic rings. The normalized spacial score (nSPS) is 13.5. The van der Waals surface area contributed by atoms with E-state index in [0.29, 0.717) is 19.1 Å². The minimum atomic E-state index is 0.369. The van der Waals surface area contributed by atoms with E-state index in [4.69, 9.17) is 4.74 Å². The molecule has 16 heavy (non-hydrogen) atoms. The first kappa shape index (κ1) is 15.0. The average Bonchev–Trinajstić information content (AvgIpc) is 2.26. The zero-order valence-electron chi connectivity index (χ0n) is 9.98. The van der Waals surface area contributed by atoms with Gasteiger partial charge >= 0.3 is 0 Å². The van der Waals surface area contributed by atoms with Crippen LogP contribution in [0.5, 0.6) is 0 Å². The van der Waals surface area contributed by atoms with Crippen molar-refractivity contribution in [1.82, 2.24) is 0 Å².